The summed E-state index contributed by atoms with van der Waals surface area (Å²) >= 11 is 0. The van der Waals surface area contributed by atoms with Crippen LogP contribution in [-0.4, -0.2) is 29.4 Å². The van der Waals surface area contributed by atoms with Crippen molar-refractivity contribution >= 4 is 11.6 Å². The molecule has 19 heavy (non-hydrogen) atoms. The minimum Gasteiger partial charge on any atom is -0.324 e. The van der Waals surface area contributed by atoms with Gasteiger partial charge < -0.3 is 5.32 Å². The fourth-order valence-corrected chi connectivity index (χ4v) is 2.44. The summed E-state index contributed by atoms with van der Waals surface area (Å²) in [4.78, 5) is 14.7. The number of nitrogens with zero attached hydrogens (tertiary/aromatic N) is 1. The van der Waals surface area contributed by atoms with Gasteiger partial charge in [0.1, 0.15) is 0 Å². The molecule has 0 heterocycles. The fourth-order valence-electron chi connectivity index (χ4n) is 2.44. The lowest BCUT2D eigenvalue weighted by atomic mass is 10.00. The van der Waals surface area contributed by atoms with Gasteiger partial charge in [-0.3, -0.25) is 9.69 Å². The molecule has 3 heteroatoms. The summed E-state index contributed by atoms with van der Waals surface area (Å²) in [5.74, 6) is 0.0496. The summed E-state index contributed by atoms with van der Waals surface area (Å²) in [5, 5.41) is 3.09. The number of likely N-dealkylation sites (N-methyl/N-ethyl adjacent to an activating group) is 1. The van der Waals surface area contributed by atoms with Crippen LogP contribution in [0.2, 0.25) is 0 Å². The van der Waals surface area contributed by atoms with Crippen molar-refractivity contribution < 1.29 is 4.79 Å². The first-order valence-corrected chi connectivity index (χ1v) is 6.97. The van der Waals surface area contributed by atoms with Gasteiger partial charge in [-0.15, -0.1) is 0 Å². The largest absolute Gasteiger partial charge is 0.324 e. The van der Waals surface area contributed by atoms with Gasteiger partial charge in [-0.1, -0.05) is 32.0 Å². The summed E-state index contributed by atoms with van der Waals surface area (Å²) in [6.45, 7) is 13.9. The molecular formula is C16H26N2O. The topological polar surface area (TPSA) is 32.3 Å². The Bertz CT molecular complexity index is 428. The molecule has 0 saturated carbocycles. The third kappa shape index (κ3) is 3.35. The van der Waals surface area contributed by atoms with Crippen molar-refractivity contribution in [3.8, 4) is 0 Å². The predicted molar refractivity (Wildman–Crippen MR) is 81.5 cm³/mol. The average Bonchev–Trinajstić information content (AvgIpc) is 2.34. The number of anilines is 1. The summed E-state index contributed by atoms with van der Waals surface area (Å²) < 4.78 is 0. The zero-order valence-electron chi connectivity index (χ0n) is 13.0. The van der Waals surface area contributed by atoms with E-state index in [1.165, 1.54) is 0 Å². The molecule has 0 aliphatic rings. The lowest BCUT2D eigenvalue weighted by Gasteiger charge is -2.36. The maximum absolute atomic E-state index is 12.5. The molecule has 0 aliphatic heterocycles. The molecule has 0 fully saturated rings. The highest BCUT2D eigenvalue weighted by Crippen LogP contribution is 2.23. The van der Waals surface area contributed by atoms with Crippen LogP contribution in [0.25, 0.3) is 0 Å². The van der Waals surface area contributed by atoms with Crippen LogP contribution in [0.1, 0.15) is 38.8 Å². The van der Waals surface area contributed by atoms with Gasteiger partial charge in [0.25, 0.3) is 0 Å². The number of aryl methyl sites for hydroxylation is 2. The first-order valence-electron chi connectivity index (χ1n) is 6.97. The smallest absolute Gasteiger partial charge is 0.244 e. The molecule has 0 bridgehead atoms. The summed E-state index contributed by atoms with van der Waals surface area (Å²) in [5.41, 5.74) is 2.64. The van der Waals surface area contributed by atoms with E-state index in [1.54, 1.807) is 0 Å². The van der Waals surface area contributed by atoms with E-state index in [0.29, 0.717) is 0 Å². The molecule has 0 spiro atoms. The van der Waals surface area contributed by atoms with Crippen LogP contribution in [0.5, 0.6) is 0 Å². The zero-order valence-corrected chi connectivity index (χ0v) is 13.0. The third-order valence-electron chi connectivity index (χ3n) is 3.83. The molecule has 3 nitrogen and oxygen atoms in total. The van der Waals surface area contributed by atoms with Crippen molar-refractivity contribution in [3.05, 3.63) is 29.3 Å². The maximum Gasteiger partial charge on any atom is 0.244 e. The van der Waals surface area contributed by atoms with E-state index in [0.717, 1.165) is 29.9 Å². The molecule has 106 valence electrons. The fraction of sp³-hybridized carbons (Fsp3) is 0.562. The lowest BCUT2D eigenvalue weighted by molar-refractivity contribution is -0.126. The van der Waals surface area contributed by atoms with Crippen LogP contribution >= 0.6 is 0 Å². The molecule has 1 amide bonds. The summed E-state index contributed by atoms with van der Waals surface area (Å²) in [6.07, 6.45) is 0. The molecule has 0 radical (unpaired) electrons. The van der Waals surface area contributed by atoms with Crippen LogP contribution in [-0.2, 0) is 4.79 Å². The molecule has 1 aromatic carbocycles. The van der Waals surface area contributed by atoms with Crippen molar-refractivity contribution in [3.63, 3.8) is 0 Å². The van der Waals surface area contributed by atoms with Crippen molar-refractivity contribution in [2.75, 3.05) is 18.4 Å². The van der Waals surface area contributed by atoms with Crippen molar-refractivity contribution in [2.24, 2.45) is 0 Å². The molecule has 1 rings (SSSR count). The monoisotopic (exact) mass is 262 g/mol. The lowest BCUT2D eigenvalue weighted by Crippen LogP contribution is -2.52. The van der Waals surface area contributed by atoms with Gasteiger partial charge in [0.15, 0.2) is 0 Å². The molecule has 0 unspecified atom stereocenters. The third-order valence-corrected chi connectivity index (χ3v) is 3.83. The number of amides is 1. The molecular weight excluding hydrogens is 236 g/mol. The highest BCUT2D eigenvalue weighted by molar-refractivity contribution is 5.98. The Hall–Kier alpha value is -1.35. The number of carbonyl (C=O) groups is 1. The van der Waals surface area contributed by atoms with Crippen LogP contribution < -0.4 is 5.32 Å². The number of nitrogens with one attached hydrogen (secondary N) is 1. The quantitative estimate of drug-likeness (QED) is 0.882. The van der Waals surface area contributed by atoms with Gasteiger partial charge in [-0.25, -0.2) is 0 Å². The second kappa shape index (κ2) is 6.20. The molecule has 1 aromatic rings. The second-order valence-electron chi connectivity index (χ2n) is 5.45. The van der Waals surface area contributed by atoms with Gasteiger partial charge in [0, 0.05) is 5.69 Å². The Kier molecular flexibility index (Phi) is 5.12. The van der Waals surface area contributed by atoms with Crippen molar-refractivity contribution in [2.45, 2.75) is 47.1 Å². The Balaban J connectivity index is 2.96. The average molecular weight is 262 g/mol. The van der Waals surface area contributed by atoms with E-state index in [1.807, 2.05) is 45.9 Å². The number of hydrogen-bond acceptors (Lipinski definition) is 2. The Morgan fingerprint density at radius 1 is 1.16 bits per heavy atom. The van der Waals surface area contributed by atoms with Gasteiger partial charge in [-0.2, -0.15) is 0 Å². The van der Waals surface area contributed by atoms with Gasteiger partial charge in [-0.05, 0) is 51.9 Å². The Labute approximate surface area is 117 Å². The standard InChI is InChI=1S/C16H26N2O/c1-7-18(8-2)16(5,6)15(19)17-14-12(3)10-9-11-13(14)4/h9-11H,7-8H2,1-6H3,(H,17,19). The molecule has 0 aromatic heterocycles. The Morgan fingerprint density at radius 3 is 2.05 bits per heavy atom. The minimum absolute atomic E-state index is 0.0496. The molecule has 0 aliphatic carbocycles. The van der Waals surface area contributed by atoms with E-state index < -0.39 is 5.54 Å². The minimum atomic E-state index is -0.502. The van der Waals surface area contributed by atoms with Crippen molar-refractivity contribution in [1.82, 2.24) is 4.90 Å². The van der Waals surface area contributed by atoms with E-state index in [-0.39, 0.29) is 5.91 Å². The zero-order chi connectivity index (χ0) is 14.6. The number of rotatable bonds is 5. The number of hydrogen-bond donors (Lipinski definition) is 1. The van der Waals surface area contributed by atoms with Crippen LogP contribution in [0.3, 0.4) is 0 Å². The van der Waals surface area contributed by atoms with E-state index in [9.17, 15) is 4.79 Å². The van der Waals surface area contributed by atoms with E-state index >= 15 is 0 Å². The highest BCUT2D eigenvalue weighted by Gasteiger charge is 2.33. The number of carbonyl (C=O) groups excluding carboxylic acids is 1. The van der Waals surface area contributed by atoms with Crippen LogP contribution in [0.15, 0.2) is 18.2 Å². The molecule has 1 N–H and O–H groups in total. The van der Waals surface area contributed by atoms with Gasteiger partial charge in [0.2, 0.25) is 5.91 Å². The van der Waals surface area contributed by atoms with Gasteiger partial charge in [0.05, 0.1) is 5.54 Å². The van der Waals surface area contributed by atoms with Crippen LogP contribution in [0.4, 0.5) is 5.69 Å². The van der Waals surface area contributed by atoms with Crippen LogP contribution in [0, 0.1) is 13.8 Å². The Morgan fingerprint density at radius 2 is 1.63 bits per heavy atom. The maximum atomic E-state index is 12.5. The van der Waals surface area contributed by atoms with E-state index in [4.69, 9.17) is 0 Å². The highest BCUT2D eigenvalue weighted by atomic mass is 16.2. The number of para-hydroxylation sites is 1. The molecule has 0 atom stereocenters. The first-order chi connectivity index (χ1) is 8.84. The second-order valence-corrected chi connectivity index (χ2v) is 5.45. The van der Waals surface area contributed by atoms with Crippen molar-refractivity contribution in [1.29, 1.82) is 0 Å². The normalized spacial score (nSPS) is 11.7. The first kappa shape index (κ1) is 15.7. The van der Waals surface area contributed by atoms with E-state index in [2.05, 4.69) is 24.1 Å². The summed E-state index contributed by atoms with van der Waals surface area (Å²) in [7, 11) is 0. The SMILES string of the molecule is CCN(CC)C(C)(C)C(=O)Nc1c(C)cccc1C. The molecule has 0 saturated heterocycles. The predicted octanol–water partition coefficient (Wildman–Crippen LogP) is 3.36. The number of benzene rings is 1. The summed E-state index contributed by atoms with van der Waals surface area (Å²) in [6, 6.07) is 6.05. The van der Waals surface area contributed by atoms with Gasteiger partial charge >= 0.3 is 0 Å².